The van der Waals surface area contributed by atoms with Crippen LogP contribution in [0.15, 0.2) is 0 Å². The number of amides is 1. The lowest BCUT2D eigenvalue weighted by Crippen LogP contribution is -2.40. The average Bonchev–Trinajstić information content (AvgIpc) is 2.26. The minimum Gasteiger partial charge on any atom is -0.343 e. The number of hydrogen-bond donors (Lipinski definition) is 1. The van der Waals surface area contributed by atoms with Crippen molar-refractivity contribution in [2.75, 3.05) is 19.6 Å². The molecule has 2 unspecified atom stereocenters. The van der Waals surface area contributed by atoms with E-state index >= 15 is 0 Å². The average molecular weight is 214 g/mol. The highest BCUT2D eigenvalue weighted by Crippen LogP contribution is 2.02. The minimum atomic E-state index is 0.0823. The Morgan fingerprint density at radius 3 is 2.13 bits per heavy atom. The van der Waals surface area contributed by atoms with Crippen LogP contribution in [0.25, 0.3) is 0 Å². The number of carbonyl (C=O) groups is 1. The Morgan fingerprint density at radius 1 is 1.20 bits per heavy atom. The van der Waals surface area contributed by atoms with Gasteiger partial charge in [-0.05, 0) is 27.2 Å². The zero-order valence-corrected chi connectivity index (χ0v) is 10.8. The minimum absolute atomic E-state index is 0.0823. The van der Waals surface area contributed by atoms with Crippen LogP contribution < -0.4 is 5.32 Å². The summed E-state index contributed by atoms with van der Waals surface area (Å²) < 4.78 is 0. The van der Waals surface area contributed by atoms with Gasteiger partial charge in [-0.2, -0.15) is 0 Å². The van der Waals surface area contributed by atoms with Gasteiger partial charge in [0.2, 0.25) is 5.91 Å². The third-order valence-corrected chi connectivity index (χ3v) is 2.88. The summed E-state index contributed by atoms with van der Waals surface area (Å²) in [6.45, 7) is 12.7. The van der Waals surface area contributed by atoms with Crippen LogP contribution in [-0.2, 0) is 4.79 Å². The molecule has 15 heavy (non-hydrogen) atoms. The van der Waals surface area contributed by atoms with Crippen molar-refractivity contribution >= 4 is 5.91 Å². The van der Waals surface area contributed by atoms with Crippen molar-refractivity contribution in [2.45, 2.75) is 47.1 Å². The van der Waals surface area contributed by atoms with Gasteiger partial charge in [0.15, 0.2) is 0 Å². The molecule has 3 heteroatoms. The summed E-state index contributed by atoms with van der Waals surface area (Å²) in [5, 5.41) is 3.37. The topological polar surface area (TPSA) is 32.3 Å². The SMILES string of the molecule is CCC(C)NCC(C)C(=O)N(CC)CC. The van der Waals surface area contributed by atoms with Gasteiger partial charge in [0.25, 0.3) is 0 Å². The fourth-order valence-corrected chi connectivity index (χ4v) is 1.46. The lowest BCUT2D eigenvalue weighted by atomic mass is 10.1. The Hall–Kier alpha value is -0.570. The van der Waals surface area contributed by atoms with E-state index in [1.165, 1.54) is 0 Å². The standard InChI is InChI=1S/C12H26N2O/c1-6-11(5)13-9-10(4)12(15)14(7-2)8-3/h10-11,13H,6-9H2,1-5H3. The van der Waals surface area contributed by atoms with Gasteiger partial charge in [0.05, 0.1) is 0 Å². The van der Waals surface area contributed by atoms with Crippen molar-refractivity contribution in [1.82, 2.24) is 10.2 Å². The van der Waals surface area contributed by atoms with E-state index in [2.05, 4.69) is 19.2 Å². The Balaban J connectivity index is 3.97. The van der Waals surface area contributed by atoms with Gasteiger partial charge in [-0.25, -0.2) is 0 Å². The number of rotatable bonds is 7. The molecule has 1 amide bonds. The van der Waals surface area contributed by atoms with E-state index in [0.29, 0.717) is 6.04 Å². The van der Waals surface area contributed by atoms with Crippen LogP contribution in [0.4, 0.5) is 0 Å². The van der Waals surface area contributed by atoms with Crippen LogP contribution in [0, 0.1) is 5.92 Å². The van der Waals surface area contributed by atoms with E-state index in [0.717, 1.165) is 26.1 Å². The maximum atomic E-state index is 11.9. The zero-order chi connectivity index (χ0) is 11.8. The molecular weight excluding hydrogens is 188 g/mol. The highest BCUT2D eigenvalue weighted by molar-refractivity contribution is 5.78. The Kier molecular flexibility index (Phi) is 7.39. The Labute approximate surface area is 94.2 Å². The molecule has 90 valence electrons. The smallest absolute Gasteiger partial charge is 0.226 e. The second kappa shape index (κ2) is 7.69. The molecule has 0 aromatic heterocycles. The van der Waals surface area contributed by atoms with Crippen LogP contribution in [0.1, 0.15) is 41.0 Å². The van der Waals surface area contributed by atoms with Crippen molar-refractivity contribution in [3.8, 4) is 0 Å². The van der Waals surface area contributed by atoms with Crippen LogP contribution in [0.2, 0.25) is 0 Å². The molecule has 0 aromatic carbocycles. The van der Waals surface area contributed by atoms with Gasteiger partial charge in [-0.3, -0.25) is 4.79 Å². The quantitative estimate of drug-likeness (QED) is 0.702. The third-order valence-electron chi connectivity index (χ3n) is 2.88. The fraction of sp³-hybridized carbons (Fsp3) is 0.917. The number of nitrogens with zero attached hydrogens (tertiary/aromatic N) is 1. The summed E-state index contributed by atoms with van der Waals surface area (Å²) in [7, 11) is 0. The Bertz CT molecular complexity index is 178. The number of hydrogen-bond acceptors (Lipinski definition) is 2. The first kappa shape index (κ1) is 14.4. The molecule has 0 rings (SSSR count). The van der Waals surface area contributed by atoms with E-state index in [-0.39, 0.29) is 11.8 Å². The van der Waals surface area contributed by atoms with E-state index in [4.69, 9.17) is 0 Å². The second-order valence-corrected chi connectivity index (χ2v) is 4.13. The van der Waals surface area contributed by atoms with Crippen molar-refractivity contribution in [3.63, 3.8) is 0 Å². The second-order valence-electron chi connectivity index (χ2n) is 4.13. The molecule has 0 aliphatic rings. The molecule has 0 aliphatic heterocycles. The van der Waals surface area contributed by atoms with Crippen LogP contribution in [0.5, 0.6) is 0 Å². The van der Waals surface area contributed by atoms with Crippen molar-refractivity contribution in [1.29, 1.82) is 0 Å². The van der Waals surface area contributed by atoms with Crippen LogP contribution in [-0.4, -0.2) is 36.5 Å². The van der Waals surface area contributed by atoms with E-state index in [9.17, 15) is 4.79 Å². The molecule has 0 aromatic rings. The van der Waals surface area contributed by atoms with E-state index in [1.54, 1.807) is 0 Å². The number of nitrogens with one attached hydrogen (secondary N) is 1. The first-order chi connectivity index (χ1) is 7.06. The number of carbonyl (C=O) groups excluding carboxylic acids is 1. The molecule has 0 bridgehead atoms. The van der Waals surface area contributed by atoms with E-state index in [1.807, 2.05) is 25.7 Å². The molecule has 0 heterocycles. The highest BCUT2D eigenvalue weighted by atomic mass is 16.2. The van der Waals surface area contributed by atoms with E-state index < -0.39 is 0 Å². The predicted molar refractivity (Wildman–Crippen MR) is 64.8 cm³/mol. The summed E-state index contributed by atoms with van der Waals surface area (Å²) in [5.41, 5.74) is 0. The first-order valence-electron chi connectivity index (χ1n) is 6.08. The molecule has 0 spiro atoms. The molecule has 0 saturated carbocycles. The lowest BCUT2D eigenvalue weighted by molar-refractivity contribution is -0.134. The lowest BCUT2D eigenvalue weighted by Gasteiger charge is -2.24. The van der Waals surface area contributed by atoms with Crippen molar-refractivity contribution in [2.24, 2.45) is 5.92 Å². The van der Waals surface area contributed by atoms with Gasteiger partial charge in [0, 0.05) is 31.6 Å². The van der Waals surface area contributed by atoms with Gasteiger partial charge >= 0.3 is 0 Å². The molecule has 2 atom stereocenters. The molecular formula is C12H26N2O. The summed E-state index contributed by atoms with van der Waals surface area (Å²) in [5.74, 6) is 0.342. The maximum Gasteiger partial charge on any atom is 0.226 e. The first-order valence-corrected chi connectivity index (χ1v) is 6.08. The van der Waals surface area contributed by atoms with Gasteiger partial charge < -0.3 is 10.2 Å². The molecule has 0 aliphatic carbocycles. The highest BCUT2D eigenvalue weighted by Gasteiger charge is 2.17. The van der Waals surface area contributed by atoms with Gasteiger partial charge in [-0.15, -0.1) is 0 Å². The summed E-state index contributed by atoms with van der Waals surface area (Å²) in [6.07, 6.45) is 1.10. The Morgan fingerprint density at radius 2 is 1.73 bits per heavy atom. The van der Waals surface area contributed by atoms with Crippen molar-refractivity contribution < 1.29 is 4.79 Å². The monoisotopic (exact) mass is 214 g/mol. The van der Waals surface area contributed by atoms with Gasteiger partial charge in [0.1, 0.15) is 0 Å². The summed E-state index contributed by atoms with van der Waals surface area (Å²) in [4.78, 5) is 13.8. The summed E-state index contributed by atoms with van der Waals surface area (Å²) >= 11 is 0. The summed E-state index contributed by atoms with van der Waals surface area (Å²) in [6, 6.07) is 0.497. The normalized spacial score (nSPS) is 14.7. The zero-order valence-electron chi connectivity index (χ0n) is 10.8. The van der Waals surface area contributed by atoms with Gasteiger partial charge in [-0.1, -0.05) is 13.8 Å². The van der Waals surface area contributed by atoms with Crippen LogP contribution >= 0.6 is 0 Å². The van der Waals surface area contributed by atoms with Crippen LogP contribution in [0.3, 0.4) is 0 Å². The maximum absolute atomic E-state index is 11.9. The largest absolute Gasteiger partial charge is 0.343 e. The van der Waals surface area contributed by atoms with Crippen molar-refractivity contribution in [3.05, 3.63) is 0 Å². The molecule has 1 N–H and O–H groups in total. The third kappa shape index (κ3) is 5.17. The molecule has 0 fully saturated rings. The molecule has 3 nitrogen and oxygen atoms in total. The molecule has 0 saturated heterocycles. The fourth-order valence-electron chi connectivity index (χ4n) is 1.46. The predicted octanol–water partition coefficient (Wildman–Crippen LogP) is 1.88. The molecule has 0 radical (unpaired) electrons.